The smallest absolute Gasteiger partial charge is 0.0850 e. The molecule has 0 unspecified atom stereocenters. The molecule has 0 aromatic rings. The Balaban J connectivity index is 2.18. The average Bonchev–Trinajstić information content (AvgIpc) is 1.90. The predicted molar refractivity (Wildman–Crippen MR) is 37.2 cm³/mol. The SMILES string of the molecule is [O]CC1CCC(Cl)CC1. The van der Waals surface area contributed by atoms with Crippen LogP contribution in [0, 0.1) is 5.92 Å². The molecule has 1 rings (SSSR count). The fourth-order valence-electron chi connectivity index (χ4n) is 1.29. The number of alkyl halides is 1. The van der Waals surface area contributed by atoms with E-state index in [1.165, 1.54) is 0 Å². The molecule has 1 nitrogen and oxygen atoms in total. The number of hydrogen-bond donors (Lipinski definition) is 0. The molecule has 0 bridgehead atoms. The Morgan fingerprint density at radius 2 is 1.78 bits per heavy atom. The molecule has 0 saturated heterocycles. The van der Waals surface area contributed by atoms with Crippen LogP contribution in [0.5, 0.6) is 0 Å². The van der Waals surface area contributed by atoms with E-state index in [0.29, 0.717) is 11.3 Å². The van der Waals surface area contributed by atoms with Gasteiger partial charge in [0.1, 0.15) is 0 Å². The Labute approximate surface area is 61.0 Å². The Hall–Kier alpha value is 0.250. The maximum Gasteiger partial charge on any atom is 0.0850 e. The lowest BCUT2D eigenvalue weighted by Gasteiger charge is -2.21. The molecule has 1 radical (unpaired) electrons. The summed E-state index contributed by atoms with van der Waals surface area (Å²) < 4.78 is 0. The largest absolute Gasteiger partial charge is 0.236 e. The van der Waals surface area contributed by atoms with Crippen molar-refractivity contribution in [1.29, 1.82) is 0 Å². The number of hydrogen-bond acceptors (Lipinski definition) is 0. The van der Waals surface area contributed by atoms with Crippen molar-refractivity contribution in [3.8, 4) is 0 Å². The van der Waals surface area contributed by atoms with Gasteiger partial charge in [-0.05, 0) is 31.6 Å². The van der Waals surface area contributed by atoms with E-state index in [9.17, 15) is 5.11 Å². The molecule has 0 aromatic carbocycles. The summed E-state index contributed by atoms with van der Waals surface area (Å²) in [5, 5.41) is 10.7. The second-order valence-electron chi connectivity index (χ2n) is 2.78. The van der Waals surface area contributed by atoms with E-state index < -0.39 is 0 Å². The van der Waals surface area contributed by atoms with Crippen LogP contribution in [0.1, 0.15) is 25.7 Å². The second-order valence-corrected chi connectivity index (χ2v) is 3.40. The summed E-state index contributed by atoms with van der Waals surface area (Å²) >= 11 is 5.84. The summed E-state index contributed by atoms with van der Waals surface area (Å²) in [6.45, 7) is 0.101. The molecule has 0 spiro atoms. The molecule has 1 aliphatic carbocycles. The van der Waals surface area contributed by atoms with Crippen LogP contribution >= 0.6 is 11.6 Å². The predicted octanol–water partition coefficient (Wildman–Crippen LogP) is 2.21. The second kappa shape index (κ2) is 3.43. The molecule has 0 N–H and O–H groups in total. The van der Waals surface area contributed by atoms with Crippen LogP contribution in [0.3, 0.4) is 0 Å². The lowest BCUT2D eigenvalue weighted by molar-refractivity contribution is 0.122. The van der Waals surface area contributed by atoms with E-state index in [4.69, 9.17) is 11.6 Å². The van der Waals surface area contributed by atoms with Gasteiger partial charge in [0.05, 0.1) is 6.61 Å². The van der Waals surface area contributed by atoms with Crippen LogP contribution in [-0.2, 0) is 5.11 Å². The monoisotopic (exact) mass is 147 g/mol. The Bertz CT molecular complexity index is 77.0. The van der Waals surface area contributed by atoms with Gasteiger partial charge >= 0.3 is 0 Å². The third kappa shape index (κ3) is 2.15. The molecule has 2 heteroatoms. The minimum Gasteiger partial charge on any atom is -0.236 e. The molecule has 0 aromatic heterocycles. The molecule has 0 heterocycles. The van der Waals surface area contributed by atoms with E-state index in [-0.39, 0.29) is 6.61 Å². The Morgan fingerprint density at radius 3 is 2.22 bits per heavy atom. The van der Waals surface area contributed by atoms with Gasteiger partial charge in [-0.2, -0.15) is 0 Å². The minimum absolute atomic E-state index is 0.101. The molecule has 1 fully saturated rings. The van der Waals surface area contributed by atoms with E-state index >= 15 is 0 Å². The normalized spacial score (nSPS) is 36.7. The first-order chi connectivity index (χ1) is 4.33. The first-order valence-corrected chi connectivity index (χ1v) is 3.98. The van der Waals surface area contributed by atoms with Crippen molar-refractivity contribution in [2.24, 2.45) is 5.92 Å². The molecule has 0 aliphatic heterocycles. The molecular formula is C7H12ClO. The molecule has 1 aliphatic rings. The van der Waals surface area contributed by atoms with E-state index in [2.05, 4.69) is 0 Å². The van der Waals surface area contributed by atoms with Crippen molar-refractivity contribution in [1.82, 2.24) is 0 Å². The fraction of sp³-hybridized carbons (Fsp3) is 1.00. The van der Waals surface area contributed by atoms with Crippen LogP contribution < -0.4 is 0 Å². The summed E-state index contributed by atoms with van der Waals surface area (Å²) in [5.74, 6) is 0.431. The van der Waals surface area contributed by atoms with Gasteiger partial charge in [0.2, 0.25) is 0 Å². The quantitative estimate of drug-likeness (QED) is 0.507. The zero-order valence-electron chi connectivity index (χ0n) is 5.48. The molecule has 9 heavy (non-hydrogen) atoms. The fourth-order valence-corrected chi connectivity index (χ4v) is 1.54. The molecular weight excluding hydrogens is 136 g/mol. The molecule has 1 saturated carbocycles. The Morgan fingerprint density at radius 1 is 1.22 bits per heavy atom. The summed E-state index contributed by atoms with van der Waals surface area (Å²) in [5.41, 5.74) is 0. The van der Waals surface area contributed by atoms with Gasteiger partial charge < -0.3 is 0 Å². The highest BCUT2D eigenvalue weighted by molar-refractivity contribution is 6.20. The van der Waals surface area contributed by atoms with Gasteiger partial charge in [-0.3, -0.25) is 0 Å². The summed E-state index contributed by atoms with van der Waals surface area (Å²) in [7, 11) is 0. The van der Waals surface area contributed by atoms with E-state index in [1.54, 1.807) is 0 Å². The average molecular weight is 148 g/mol. The minimum atomic E-state index is 0.101. The highest BCUT2D eigenvalue weighted by Gasteiger charge is 2.18. The lowest BCUT2D eigenvalue weighted by Crippen LogP contribution is -2.16. The summed E-state index contributed by atoms with van der Waals surface area (Å²) in [4.78, 5) is 0. The zero-order chi connectivity index (χ0) is 6.69. The third-order valence-corrected chi connectivity index (χ3v) is 2.45. The van der Waals surface area contributed by atoms with Crippen molar-refractivity contribution in [2.75, 3.05) is 6.61 Å². The summed E-state index contributed by atoms with van der Waals surface area (Å²) in [6, 6.07) is 0. The van der Waals surface area contributed by atoms with Gasteiger partial charge in [-0.15, -0.1) is 11.6 Å². The zero-order valence-corrected chi connectivity index (χ0v) is 6.23. The first-order valence-electron chi connectivity index (χ1n) is 3.55. The van der Waals surface area contributed by atoms with Crippen LogP contribution in [0.4, 0.5) is 0 Å². The molecule has 0 atom stereocenters. The number of halogens is 1. The lowest BCUT2D eigenvalue weighted by atomic mass is 9.90. The Kier molecular flexibility index (Phi) is 2.80. The van der Waals surface area contributed by atoms with Crippen LogP contribution in [0.2, 0.25) is 0 Å². The highest BCUT2D eigenvalue weighted by Crippen LogP contribution is 2.26. The van der Waals surface area contributed by atoms with Gasteiger partial charge in [-0.1, -0.05) is 0 Å². The van der Waals surface area contributed by atoms with E-state index in [1.807, 2.05) is 0 Å². The molecule has 0 amide bonds. The first kappa shape index (κ1) is 7.36. The van der Waals surface area contributed by atoms with Gasteiger partial charge in [0.15, 0.2) is 0 Å². The maximum absolute atomic E-state index is 10.3. The summed E-state index contributed by atoms with van der Waals surface area (Å²) in [6.07, 6.45) is 4.21. The van der Waals surface area contributed by atoms with Crippen LogP contribution in [0.25, 0.3) is 0 Å². The van der Waals surface area contributed by atoms with Crippen LogP contribution in [-0.4, -0.2) is 12.0 Å². The van der Waals surface area contributed by atoms with Gasteiger partial charge in [-0.25, -0.2) is 5.11 Å². The number of rotatable bonds is 1. The van der Waals surface area contributed by atoms with Crippen molar-refractivity contribution >= 4 is 11.6 Å². The maximum atomic E-state index is 10.3. The highest BCUT2D eigenvalue weighted by atomic mass is 35.5. The van der Waals surface area contributed by atoms with Crippen molar-refractivity contribution in [3.05, 3.63) is 0 Å². The van der Waals surface area contributed by atoms with E-state index in [0.717, 1.165) is 25.7 Å². The standard InChI is InChI=1S/C7H12ClO/c8-7-3-1-6(5-9)2-4-7/h6-7H,1-5H2. The van der Waals surface area contributed by atoms with Crippen molar-refractivity contribution < 1.29 is 5.11 Å². The van der Waals surface area contributed by atoms with Crippen molar-refractivity contribution in [2.45, 2.75) is 31.1 Å². The molecule has 53 valence electrons. The van der Waals surface area contributed by atoms with Gasteiger partial charge in [0.25, 0.3) is 0 Å². The van der Waals surface area contributed by atoms with Gasteiger partial charge in [0, 0.05) is 5.38 Å². The van der Waals surface area contributed by atoms with Crippen molar-refractivity contribution in [3.63, 3.8) is 0 Å². The topological polar surface area (TPSA) is 19.9 Å². The van der Waals surface area contributed by atoms with Crippen LogP contribution in [0.15, 0.2) is 0 Å². The third-order valence-electron chi connectivity index (χ3n) is 2.01.